The summed E-state index contributed by atoms with van der Waals surface area (Å²) in [6, 6.07) is 4.35. The minimum Gasteiger partial charge on any atom is -0.493 e. The lowest BCUT2D eigenvalue weighted by Crippen LogP contribution is -2.24. The third-order valence-corrected chi connectivity index (χ3v) is 2.99. The fourth-order valence-electron chi connectivity index (χ4n) is 1.81. The molecular formula is C15H23FN2O2. The first-order valence-electron chi connectivity index (χ1n) is 7.00. The number of halogens is 1. The van der Waals surface area contributed by atoms with Crippen LogP contribution in [0.5, 0.6) is 5.75 Å². The molecule has 0 heterocycles. The highest BCUT2D eigenvalue weighted by atomic mass is 19.1. The van der Waals surface area contributed by atoms with Gasteiger partial charge in [0.25, 0.3) is 0 Å². The van der Waals surface area contributed by atoms with E-state index >= 15 is 0 Å². The monoisotopic (exact) mass is 282 g/mol. The highest BCUT2D eigenvalue weighted by Gasteiger charge is 2.10. The third-order valence-electron chi connectivity index (χ3n) is 2.99. The first-order chi connectivity index (χ1) is 9.56. The van der Waals surface area contributed by atoms with Crippen LogP contribution in [0.1, 0.15) is 32.3 Å². The summed E-state index contributed by atoms with van der Waals surface area (Å²) in [7, 11) is 0. The Bertz CT molecular complexity index is 438. The van der Waals surface area contributed by atoms with E-state index in [-0.39, 0.29) is 30.8 Å². The molecule has 0 aliphatic rings. The fourth-order valence-corrected chi connectivity index (χ4v) is 1.81. The quantitative estimate of drug-likeness (QED) is 0.766. The van der Waals surface area contributed by atoms with E-state index in [1.165, 1.54) is 12.1 Å². The molecule has 0 aliphatic carbocycles. The van der Waals surface area contributed by atoms with E-state index in [1.807, 2.05) is 13.8 Å². The number of hydrogen-bond donors (Lipinski definition) is 2. The van der Waals surface area contributed by atoms with Gasteiger partial charge in [0, 0.05) is 12.6 Å². The number of carbonyl (C=O) groups is 1. The molecule has 1 unspecified atom stereocenters. The minimum atomic E-state index is -0.306. The normalized spacial score (nSPS) is 12.0. The van der Waals surface area contributed by atoms with Gasteiger partial charge in [-0.05, 0) is 43.5 Å². The van der Waals surface area contributed by atoms with Crippen LogP contribution in [0.15, 0.2) is 18.2 Å². The lowest BCUT2D eigenvalue weighted by molar-refractivity contribution is -0.121. The number of nitrogens with two attached hydrogens (primary N) is 1. The van der Waals surface area contributed by atoms with E-state index in [1.54, 1.807) is 6.07 Å². The molecule has 5 heteroatoms. The van der Waals surface area contributed by atoms with Gasteiger partial charge in [0.1, 0.15) is 11.6 Å². The topological polar surface area (TPSA) is 64.3 Å². The van der Waals surface area contributed by atoms with Crippen LogP contribution in [0, 0.1) is 5.82 Å². The molecule has 0 aromatic heterocycles. The Morgan fingerprint density at radius 3 is 2.85 bits per heavy atom. The Balaban J connectivity index is 2.62. The number of nitrogens with one attached hydrogen (secondary N) is 1. The van der Waals surface area contributed by atoms with Gasteiger partial charge in [-0.25, -0.2) is 4.39 Å². The maximum Gasteiger partial charge on any atom is 0.223 e. The maximum atomic E-state index is 13.3. The zero-order valence-electron chi connectivity index (χ0n) is 12.1. The van der Waals surface area contributed by atoms with Crippen molar-refractivity contribution in [2.24, 2.45) is 5.73 Å². The first-order valence-corrected chi connectivity index (χ1v) is 7.00. The summed E-state index contributed by atoms with van der Waals surface area (Å²) >= 11 is 0. The fraction of sp³-hybridized carbons (Fsp3) is 0.533. The third kappa shape index (κ3) is 5.57. The molecule has 0 radical (unpaired) electrons. The van der Waals surface area contributed by atoms with E-state index in [4.69, 9.17) is 10.5 Å². The highest BCUT2D eigenvalue weighted by molar-refractivity contribution is 5.75. The predicted octanol–water partition coefficient (Wildman–Crippen LogP) is 2.01. The van der Waals surface area contributed by atoms with Crippen molar-refractivity contribution in [2.75, 3.05) is 13.2 Å². The molecule has 4 nitrogen and oxygen atoms in total. The Labute approximate surface area is 119 Å². The molecule has 0 aliphatic heterocycles. The van der Waals surface area contributed by atoms with E-state index < -0.39 is 0 Å². The standard InChI is InChI=1S/C15H23FN2O2/c1-3-13(17)10-11-9-12(16)5-6-14(11)20-8-7-15(19)18-4-2/h5-6,9,13H,3-4,7-8,10,17H2,1-2H3,(H,18,19). The molecular weight excluding hydrogens is 259 g/mol. The summed E-state index contributed by atoms with van der Waals surface area (Å²) in [6.45, 7) is 4.72. The van der Waals surface area contributed by atoms with Crippen molar-refractivity contribution in [3.63, 3.8) is 0 Å². The second-order valence-corrected chi connectivity index (χ2v) is 4.68. The highest BCUT2D eigenvalue weighted by Crippen LogP contribution is 2.21. The van der Waals surface area contributed by atoms with Gasteiger partial charge in [0.05, 0.1) is 13.0 Å². The zero-order valence-corrected chi connectivity index (χ0v) is 12.1. The van der Waals surface area contributed by atoms with Gasteiger partial charge >= 0.3 is 0 Å². The molecule has 1 aromatic rings. The number of hydrogen-bond acceptors (Lipinski definition) is 3. The van der Waals surface area contributed by atoms with Gasteiger partial charge in [-0.15, -0.1) is 0 Å². The molecule has 3 N–H and O–H groups in total. The molecule has 1 rings (SSSR count). The van der Waals surface area contributed by atoms with Crippen molar-refractivity contribution in [1.82, 2.24) is 5.32 Å². The molecule has 112 valence electrons. The first kappa shape index (κ1) is 16.4. The molecule has 20 heavy (non-hydrogen) atoms. The van der Waals surface area contributed by atoms with Crippen molar-refractivity contribution in [1.29, 1.82) is 0 Å². The summed E-state index contributed by atoms with van der Waals surface area (Å²) in [4.78, 5) is 11.3. The molecule has 1 amide bonds. The van der Waals surface area contributed by atoms with Crippen LogP contribution in [-0.4, -0.2) is 25.1 Å². The van der Waals surface area contributed by atoms with E-state index in [9.17, 15) is 9.18 Å². The molecule has 0 fully saturated rings. The van der Waals surface area contributed by atoms with Gasteiger partial charge in [-0.2, -0.15) is 0 Å². The lowest BCUT2D eigenvalue weighted by Gasteiger charge is -2.14. The zero-order chi connectivity index (χ0) is 15.0. The maximum absolute atomic E-state index is 13.3. The van der Waals surface area contributed by atoms with Crippen molar-refractivity contribution < 1.29 is 13.9 Å². The minimum absolute atomic E-state index is 0.0254. The van der Waals surface area contributed by atoms with Crippen LogP contribution in [0.25, 0.3) is 0 Å². The molecule has 1 aromatic carbocycles. The average Bonchev–Trinajstić information content (AvgIpc) is 2.41. The molecule has 0 spiro atoms. The number of ether oxygens (including phenoxy) is 1. The smallest absolute Gasteiger partial charge is 0.223 e. The molecule has 0 bridgehead atoms. The van der Waals surface area contributed by atoms with Crippen molar-refractivity contribution in [3.8, 4) is 5.75 Å². The van der Waals surface area contributed by atoms with Gasteiger partial charge in [0.15, 0.2) is 0 Å². The van der Waals surface area contributed by atoms with Crippen LogP contribution < -0.4 is 15.8 Å². The van der Waals surface area contributed by atoms with E-state index in [0.29, 0.717) is 18.7 Å². The van der Waals surface area contributed by atoms with E-state index in [0.717, 1.165) is 12.0 Å². The number of carbonyl (C=O) groups excluding carboxylic acids is 1. The predicted molar refractivity (Wildman–Crippen MR) is 77.2 cm³/mol. The second-order valence-electron chi connectivity index (χ2n) is 4.68. The van der Waals surface area contributed by atoms with E-state index in [2.05, 4.69) is 5.32 Å². The summed E-state index contributed by atoms with van der Waals surface area (Å²) < 4.78 is 18.9. The summed E-state index contributed by atoms with van der Waals surface area (Å²) in [5, 5.41) is 2.70. The lowest BCUT2D eigenvalue weighted by atomic mass is 10.0. The van der Waals surface area contributed by atoms with Gasteiger partial charge in [-0.1, -0.05) is 6.92 Å². The number of rotatable bonds is 8. The second kappa shape index (κ2) is 8.53. The van der Waals surface area contributed by atoms with Crippen molar-refractivity contribution >= 4 is 5.91 Å². The van der Waals surface area contributed by atoms with Gasteiger partial charge in [0.2, 0.25) is 5.91 Å². The summed E-state index contributed by atoms with van der Waals surface area (Å²) in [5.41, 5.74) is 6.64. The number of amides is 1. The van der Waals surface area contributed by atoms with Gasteiger partial charge in [-0.3, -0.25) is 4.79 Å². The Kier molecular flexibility index (Phi) is 7.01. The average molecular weight is 282 g/mol. The molecule has 0 saturated heterocycles. The number of benzene rings is 1. The largest absolute Gasteiger partial charge is 0.493 e. The molecule has 1 atom stereocenters. The Hall–Kier alpha value is -1.62. The van der Waals surface area contributed by atoms with Crippen LogP contribution in [0.2, 0.25) is 0 Å². The van der Waals surface area contributed by atoms with Crippen molar-refractivity contribution in [3.05, 3.63) is 29.6 Å². The van der Waals surface area contributed by atoms with Crippen molar-refractivity contribution in [2.45, 2.75) is 39.2 Å². The van der Waals surface area contributed by atoms with Crippen LogP contribution in [0.4, 0.5) is 4.39 Å². The Morgan fingerprint density at radius 2 is 2.20 bits per heavy atom. The summed E-state index contributed by atoms with van der Waals surface area (Å²) in [5.74, 6) is 0.236. The SMILES string of the molecule is CCNC(=O)CCOc1ccc(F)cc1CC(N)CC. The Morgan fingerprint density at radius 1 is 1.45 bits per heavy atom. The van der Waals surface area contributed by atoms with Gasteiger partial charge < -0.3 is 15.8 Å². The summed E-state index contributed by atoms with van der Waals surface area (Å²) in [6.07, 6.45) is 1.66. The van der Waals surface area contributed by atoms with Crippen LogP contribution >= 0.6 is 0 Å². The molecule has 0 saturated carbocycles. The van der Waals surface area contributed by atoms with Crippen LogP contribution in [0.3, 0.4) is 0 Å². The van der Waals surface area contributed by atoms with Crippen LogP contribution in [-0.2, 0) is 11.2 Å².